The van der Waals surface area contributed by atoms with Crippen LogP contribution in [0.1, 0.15) is 37.4 Å². The monoisotopic (exact) mass is 261 g/mol. The summed E-state index contributed by atoms with van der Waals surface area (Å²) < 4.78 is 0. The summed E-state index contributed by atoms with van der Waals surface area (Å²) in [6.07, 6.45) is 1.80. The van der Waals surface area contributed by atoms with Crippen LogP contribution < -0.4 is 0 Å². The molecule has 2 aromatic rings. The van der Waals surface area contributed by atoms with Gasteiger partial charge < -0.3 is 5.11 Å². The zero-order valence-electron chi connectivity index (χ0n) is 10.9. The summed E-state index contributed by atoms with van der Waals surface area (Å²) in [4.78, 5) is 4.52. The van der Waals surface area contributed by atoms with E-state index >= 15 is 0 Å². The van der Waals surface area contributed by atoms with Gasteiger partial charge in [-0.2, -0.15) is 0 Å². The normalized spacial score (nSPS) is 12.6. The van der Waals surface area contributed by atoms with Crippen LogP contribution in [0.2, 0.25) is 0 Å². The highest BCUT2D eigenvalue weighted by Crippen LogP contribution is 2.26. The Morgan fingerprint density at radius 2 is 2.00 bits per heavy atom. The minimum atomic E-state index is 0.163. The van der Waals surface area contributed by atoms with Crippen LogP contribution in [0, 0.1) is 0 Å². The Hall–Kier alpha value is -1.19. The van der Waals surface area contributed by atoms with Crippen molar-refractivity contribution in [1.29, 1.82) is 0 Å². The summed E-state index contributed by atoms with van der Waals surface area (Å²) in [5.74, 6) is 0.611. The third-order valence-electron chi connectivity index (χ3n) is 3.26. The van der Waals surface area contributed by atoms with Crippen molar-refractivity contribution >= 4 is 11.3 Å². The van der Waals surface area contributed by atoms with Gasteiger partial charge in [0.25, 0.3) is 0 Å². The van der Waals surface area contributed by atoms with Gasteiger partial charge in [0, 0.05) is 24.0 Å². The maximum absolute atomic E-state index is 8.89. The highest BCUT2D eigenvalue weighted by molar-refractivity contribution is 7.13. The van der Waals surface area contributed by atoms with Gasteiger partial charge >= 0.3 is 0 Å². The fourth-order valence-electron chi connectivity index (χ4n) is 1.86. The number of thiazole rings is 1. The fraction of sp³-hybridized carbons (Fsp3) is 0.400. The summed E-state index contributed by atoms with van der Waals surface area (Å²) in [7, 11) is 0. The lowest BCUT2D eigenvalue weighted by Crippen LogP contribution is -1.91. The van der Waals surface area contributed by atoms with Gasteiger partial charge in [-0.05, 0) is 17.9 Å². The Bertz CT molecular complexity index is 489. The molecule has 0 saturated heterocycles. The molecular weight excluding hydrogens is 242 g/mol. The predicted molar refractivity (Wildman–Crippen MR) is 77.0 cm³/mol. The van der Waals surface area contributed by atoms with Crippen molar-refractivity contribution < 1.29 is 5.11 Å². The zero-order valence-corrected chi connectivity index (χ0v) is 11.7. The standard InChI is InChI=1S/C15H19NOS/c1-3-11(2)12-4-6-13(7-5-12)15-16-14(8-9-17)10-18-15/h4-7,10-11,17H,3,8-9H2,1-2H3. The quantitative estimate of drug-likeness (QED) is 0.886. The molecule has 0 saturated carbocycles. The first kappa shape index (κ1) is 13.2. The molecular formula is C15H19NOS. The molecule has 0 aliphatic rings. The highest BCUT2D eigenvalue weighted by atomic mass is 32.1. The van der Waals surface area contributed by atoms with E-state index < -0.39 is 0 Å². The number of aromatic nitrogens is 1. The van der Waals surface area contributed by atoms with Crippen molar-refractivity contribution in [2.75, 3.05) is 6.61 Å². The lowest BCUT2D eigenvalue weighted by molar-refractivity contribution is 0.298. The van der Waals surface area contributed by atoms with Crippen molar-refractivity contribution in [3.8, 4) is 10.6 Å². The van der Waals surface area contributed by atoms with Crippen molar-refractivity contribution in [1.82, 2.24) is 4.98 Å². The Labute approximate surface area is 112 Å². The lowest BCUT2D eigenvalue weighted by atomic mass is 9.98. The van der Waals surface area contributed by atoms with E-state index in [-0.39, 0.29) is 6.61 Å². The van der Waals surface area contributed by atoms with E-state index in [1.807, 2.05) is 5.38 Å². The second kappa shape index (κ2) is 6.12. The first-order valence-electron chi connectivity index (χ1n) is 6.40. The molecule has 96 valence electrons. The summed E-state index contributed by atoms with van der Waals surface area (Å²) in [5.41, 5.74) is 3.52. The maximum Gasteiger partial charge on any atom is 0.123 e. The third-order valence-corrected chi connectivity index (χ3v) is 4.20. The average molecular weight is 261 g/mol. The number of hydrogen-bond acceptors (Lipinski definition) is 3. The van der Waals surface area contributed by atoms with E-state index in [2.05, 4.69) is 43.1 Å². The van der Waals surface area contributed by atoms with Crippen LogP contribution in [0.3, 0.4) is 0 Å². The van der Waals surface area contributed by atoms with Gasteiger partial charge in [-0.1, -0.05) is 38.1 Å². The third kappa shape index (κ3) is 2.98. The summed E-state index contributed by atoms with van der Waals surface area (Å²) >= 11 is 1.64. The van der Waals surface area contributed by atoms with Gasteiger partial charge in [0.1, 0.15) is 5.01 Å². The maximum atomic E-state index is 8.89. The van der Waals surface area contributed by atoms with E-state index in [0.717, 1.165) is 22.7 Å². The largest absolute Gasteiger partial charge is 0.396 e. The smallest absolute Gasteiger partial charge is 0.123 e. The van der Waals surface area contributed by atoms with Crippen LogP contribution >= 0.6 is 11.3 Å². The van der Waals surface area contributed by atoms with Gasteiger partial charge in [-0.25, -0.2) is 4.98 Å². The van der Waals surface area contributed by atoms with Crippen molar-refractivity contribution in [2.24, 2.45) is 0 Å². The van der Waals surface area contributed by atoms with Crippen LogP contribution in [0.4, 0.5) is 0 Å². The molecule has 0 radical (unpaired) electrons. The van der Waals surface area contributed by atoms with E-state index in [4.69, 9.17) is 5.11 Å². The Kier molecular flexibility index (Phi) is 4.50. The van der Waals surface area contributed by atoms with Gasteiger partial charge in [0.05, 0.1) is 5.69 Å². The van der Waals surface area contributed by atoms with E-state index in [1.54, 1.807) is 11.3 Å². The molecule has 1 atom stereocenters. The van der Waals surface area contributed by atoms with Crippen molar-refractivity contribution in [3.05, 3.63) is 40.9 Å². The molecule has 18 heavy (non-hydrogen) atoms. The number of nitrogens with zero attached hydrogens (tertiary/aromatic N) is 1. The Morgan fingerprint density at radius 1 is 1.28 bits per heavy atom. The molecule has 1 aromatic heterocycles. The molecule has 3 heteroatoms. The topological polar surface area (TPSA) is 33.1 Å². The van der Waals surface area contributed by atoms with Crippen LogP contribution in [0.25, 0.3) is 10.6 Å². The molecule has 0 bridgehead atoms. The Morgan fingerprint density at radius 3 is 2.61 bits per heavy atom. The molecule has 1 aromatic carbocycles. The van der Waals surface area contributed by atoms with Crippen LogP contribution in [0.15, 0.2) is 29.6 Å². The van der Waals surface area contributed by atoms with Crippen molar-refractivity contribution in [2.45, 2.75) is 32.6 Å². The first-order chi connectivity index (χ1) is 8.74. The molecule has 0 aliphatic carbocycles. The second-order valence-electron chi connectivity index (χ2n) is 4.55. The SMILES string of the molecule is CCC(C)c1ccc(-c2nc(CCO)cs2)cc1. The second-order valence-corrected chi connectivity index (χ2v) is 5.41. The minimum absolute atomic E-state index is 0.163. The number of aliphatic hydroxyl groups is 1. The predicted octanol–water partition coefficient (Wildman–Crippen LogP) is 3.86. The molecule has 1 unspecified atom stereocenters. The van der Waals surface area contributed by atoms with Crippen molar-refractivity contribution in [3.63, 3.8) is 0 Å². The zero-order chi connectivity index (χ0) is 13.0. The van der Waals surface area contributed by atoms with E-state index in [9.17, 15) is 0 Å². The highest BCUT2D eigenvalue weighted by Gasteiger charge is 2.06. The average Bonchev–Trinajstić information content (AvgIpc) is 2.87. The van der Waals surface area contributed by atoms with Gasteiger partial charge in [0.15, 0.2) is 0 Å². The number of benzene rings is 1. The molecule has 1 N–H and O–H groups in total. The fourth-order valence-corrected chi connectivity index (χ4v) is 2.72. The molecule has 2 nitrogen and oxygen atoms in total. The summed E-state index contributed by atoms with van der Waals surface area (Å²) in [6.45, 7) is 4.62. The molecule has 0 spiro atoms. The first-order valence-corrected chi connectivity index (χ1v) is 7.28. The van der Waals surface area contributed by atoms with E-state index in [1.165, 1.54) is 5.56 Å². The molecule has 0 aliphatic heterocycles. The van der Waals surface area contributed by atoms with E-state index in [0.29, 0.717) is 12.3 Å². The number of rotatable bonds is 5. The number of hydrogen-bond donors (Lipinski definition) is 1. The number of aliphatic hydroxyl groups excluding tert-OH is 1. The van der Waals surface area contributed by atoms with Crippen LogP contribution in [-0.4, -0.2) is 16.7 Å². The Balaban J connectivity index is 2.17. The lowest BCUT2D eigenvalue weighted by Gasteiger charge is -2.08. The van der Waals surface area contributed by atoms with Gasteiger partial charge in [-0.15, -0.1) is 11.3 Å². The summed E-state index contributed by atoms with van der Waals surface area (Å²) in [6, 6.07) is 8.67. The van der Waals surface area contributed by atoms with Crippen LogP contribution in [0.5, 0.6) is 0 Å². The molecule has 0 fully saturated rings. The van der Waals surface area contributed by atoms with Gasteiger partial charge in [0.2, 0.25) is 0 Å². The van der Waals surface area contributed by atoms with Crippen LogP contribution in [-0.2, 0) is 6.42 Å². The molecule has 0 amide bonds. The molecule has 1 heterocycles. The minimum Gasteiger partial charge on any atom is -0.396 e. The molecule has 2 rings (SSSR count). The van der Waals surface area contributed by atoms with Gasteiger partial charge in [-0.3, -0.25) is 0 Å². The summed E-state index contributed by atoms with van der Waals surface area (Å²) in [5, 5.41) is 11.9.